The molecule has 1 atom stereocenters. The molecular weight excluding hydrogens is 248 g/mol. The molecule has 1 saturated heterocycles. The van der Waals surface area contributed by atoms with E-state index in [2.05, 4.69) is 5.32 Å². The van der Waals surface area contributed by atoms with E-state index in [0.717, 1.165) is 24.3 Å². The van der Waals surface area contributed by atoms with Crippen molar-refractivity contribution in [2.75, 3.05) is 23.9 Å². The Morgan fingerprint density at radius 3 is 3.00 bits per heavy atom. The van der Waals surface area contributed by atoms with Crippen molar-refractivity contribution in [1.82, 2.24) is 0 Å². The zero-order valence-electron chi connectivity index (χ0n) is 10.4. The zero-order valence-corrected chi connectivity index (χ0v) is 11.3. The maximum Gasteiger partial charge on any atom is 0.237 e. The summed E-state index contributed by atoms with van der Waals surface area (Å²) in [6, 6.07) is 5.28. The normalized spacial score (nSPS) is 19.3. The Morgan fingerprint density at radius 2 is 2.33 bits per heavy atom. The summed E-state index contributed by atoms with van der Waals surface area (Å²) in [6.07, 6.45) is 3.31. The molecule has 18 heavy (non-hydrogen) atoms. The Bertz CT molecular complexity index is 431. The van der Waals surface area contributed by atoms with Gasteiger partial charge in [-0.05, 0) is 30.7 Å². The molecule has 1 aliphatic rings. The monoisotopic (exact) mass is 266 g/mol. The van der Waals surface area contributed by atoms with Gasteiger partial charge in [-0.2, -0.15) is 0 Å². The zero-order chi connectivity index (χ0) is 13.0. The molecule has 2 rings (SSSR count). The summed E-state index contributed by atoms with van der Waals surface area (Å²) in [7, 11) is 1.56. The first kappa shape index (κ1) is 13.1. The van der Waals surface area contributed by atoms with Crippen LogP contribution in [0, 0.1) is 0 Å². The van der Waals surface area contributed by atoms with E-state index >= 15 is 0 Å². The average Bonchev–Trinajstić information content (AvgIpc) is 2.42. The highest BCUT2D eigenvalue weighted by Crippen LogP contribution is 2.28. The number of carbonyl (C=O) groups is 1. The number of benzene rings is 1. The van der Waals surface area contributed by atoms with Gasteiger partial charge in [-0.1, -0.05) is 6.42 Å². The summed E-state index contributed by atoms with van der Waals surface area (Å²) in [5, 5.41) is 2.99. The lowest BCUT2D eigenvalue weighted by molar-refractivity contribution is -0.115. The minimum absolute atomic E-state index is 0.0716. The quantitative estimate of drug-likeness (QED) is 0.825. The first-order valence-corrected chi connectivity index (χ1v) is 7.11. The highest BCUT2D eigenvalue weighted by molar-refractivity contribution is 8.00. The minimum Gasteiger partial charge on any atom is -0.495 e. The van der Waals surface area contributed by atoms with Gasteiger partial charge in [-0.3, -0.25) is 4.79 Å². The van der Waals surface area contributed by atoms with Crippen LogP contribution in [0.5, 0.6) is 5.75 Å². The second kappa shape index (κ2) is 6.00. The Labute approximate surface area is 111 Å². The number of carbonyl (C=O) groups excluding carboxylic acids is 1. The van der Waals surface area contributed by atoms with Gasteiger partial charge >= 0.3 is 0 Å². The van der Waals surface area contributed by atoms with Gasteiger partial charge in [-0.25, -0.2) is 0 Å². The number of methoxy groups -OCH3 is 1. The highest BCUT2D eigenvalue weighted by Gasteiger charge is 2.21. The molecule has 1 heterocycles. The SMILES string of the molecule is COc1cc(NC(=O)C2CCCCS2)ccc1N. The third-order valence-electron chi connectivity index (χ3n) is 2.97. The maximum absolute atomic E-state index is 12.0. The lowest BCUT2D eigenvalue weighted by atomic mass is 10.1. The molecule has 0 radical (unpaired) electrons. The van der Waals surface area contributed by atoms with Gasteiger partial charge in [0, 0.05) is 11.8 Å². The van der Waals surface area contributed by atoms with Crippen LogP contribution in [0.3, 0.4) is 0 Å². The largest absolute Gasteiger partial charge is 0.495 e. The van der Waals surface area contributed by atoms with Crippen LogP contribution in [-0.4, -0.2) is 24.0 Å². The van der Waals surface area contributed by atoms with Crippen molar-refractivity contribution < 1.29 is 9.53 Å². The first-order chi connectivity index (χ1) is 8.70. The molecule has 1 unspecified atom stereocenters. The fraction of sp³-hybridized carbons (Fsp3) is 0.462. The van der Waals surface area contributed by atoms with Gasteiger partial charge < -0.3 is 15.8 Å². The van der Waals surface area contributed by atoms with Crippen LogP contribution in [0.4, 0.5) is 11.4 Å². The molecule has 4 nitrogen and oxygen atoms in total. The van der Waals surface area contributed by atoms with E-state index in [4.69, 9.17) is 10.5 Å². The van der Waals surface area contributed by atoms with E-state index < -0.39 is 0 Å². The molecular formula is C13H18N2O2S. The maximum atomic E-state index is 12.0. The molecule has 98 valence electrons. The number of hydrogen-bond acceptors (Lipinski definition) is 4. The van der Waals surface area contributed by atoms with Crippen LogP contribution in [0.2, 0.25) is 0 Å². The molecule has 1 fully saturated rings. The van der Waals surface area contributed by atoms with Crippen molar-refractivity contribution in [3.63, 3.8) is 0 Å². The predicted molar refractivity (Wildman–Crippen MR) is 76.1 cm³/mol. The van der Waals surface area contributed by atoms with Gasteiger partial charge in [0.25, 0.3) is 0 Å². The summed E-state index contributed by atoms with van der Waals surface area (Å²) in [4.78, 5) is 12.0. The molecule has 1 amide bonds. The number of hydrogen-bond donors (Lipinski definition) is 2. The van der Waals surface area contributed by atoms with E-state index in [-0.39, 0.29) is 11.2 Å². The van der Waals surface area contributed by atoms with Crippen molar-refractivity contribution in [2.45, 2.75) is 24.5 Å². The molecule has 1 aliphatic heterocycles. The Hall–Kier alpha value is -1.36. The second-order valence-electron chi connectivity index (χ2n) is 4.30. The van der Waals surface area contributed by atoms with Gasteiger partial charge in [0.2, 0.25) is 5.91 Å². The fourth-order valence-electron chi connectivity index (χ4n) is 1.96. The van der Waals surface area contributed by atoms with Crippen molar-refractivity contribution in [3.05, 3.63) is 18.2 Å². The van der Waals surface area contributed by atoms with Gasteiger partial charge in [0.05, 0.1) is 18.0 Å². The number of rotatable bonds is 3. The van der Waals surface area contributed by atoms with E-state index in [9.17, 15) is 4.79 Å². The van der Waals surface area contributed by atoms with Gasteiger partial charge in [-0.15, -0.1) is 11.8 Å². The van der Waals surface area contributed by atoms with Gasteiger partial charge in [0.15, 0.2) is 0 Å². The first-order valence-electron chi connectivity index (χ1n) is 6.06. The van der Waals surface area contributed by atoms with E-state index in [0.29, 0.717) is 11.4 Å². The van der Waals surface area contributed by atoms with Crippen molar-refractivity contribution in [3.8, 4) is 5.75 Å². The van der Waals surface area contributed by atoms with Crippen molar-refractivity contribution in [2.24, 2.45) is 0 Å². The van der Waals surface area contributed by atoms with Crippen molar-refractivity contribution in [1.29, 1.82) is 0 Å². The van der Waals surface area contributed by atoms with Crippen LogP contribution in [0.25, 0.3) is 0 Å². The molecule has 3 N–H and O–H groups in total. The summed E-state index contributed by atoms with van der Waals surface area (Å²) in [5.41, 5.74) is 7.04. The van der Waals surface area contributed by atoms with E-state index in [1.165, 1.54) is 6.42 Å². The second-order valence-corrected chi connectivity index (χ2v) is 5.61. The van der Waals surface area contributed by atoms with E-state index in [1.807, 2.05) is 0 Å². The standard InChI is InChI=1S/C13H18N2O2S/c1-17-11-8-9(5-6-10(11)14)15-13(16)12-4-2-3-7-18-12/h5-6,8,12H,2-4,7,14H2,1H3,(H,15,16). The number of thioether (sulfide) groups is 1. The van der Waals surface area contributed by atoms with Crippen LogP contribution in [0.1, 0.15) is 19.3 Å². The smallest absolute Gasteiger partial charge is 0.237 e. The molecule has 0 saturated carbocycles. The molecule has 1 aromatic rings. The molecule has 0 spiro atoms. The number of nitrogens with two attached hydrogens (primary N) is 1. The number of amides is 1. The number of nitrogens with one attached hydrogen (secondary N) is 1. The number of nitrogen functional groups attached to an aromatic ring is 1. The third kappa shape index (κ3) is 3.10. The summed E-state index contributed by atoms with van der Waals surface area (Å²) in [5.74, 6) is 1.74. The van der Waals surface area contributed by atoms with Crippen LogP contribution in [0.15, 0.2) is 18.2 Å². The highest BCUT2D eigenvalue weighted by atomic mass is 32.2. The number of anilines is 2. The van der Waals surface area contributed by atoms with Crippen molar-refractivity contribution >= 4 is 29.0 Å². The van der Waals surface area contributed by atoms with Crippen LogP contribution < -0.4 is 15.8 Å². The third-order valence-corrected chi connectivity index (χ3v) is 4.35. The van der Waals surface area contributed by atoms with Crippen LogP contribution in [-0.2, 0) is 4.79 Å². The average molecular weight is 266 g/mol. The van der Waals surface area contributed by atoms with Crippen LogP contribution >= 0.6 is 11.8 Å². The number of ether oxygens (including phenoxy) is 1. The lowest BCUT2D eigenvalue weighted by Crippen LogP contribution is -2.27. The molecule has 1 aromatic carbocycles. The molecule has 0 bridgehead atoms. The summed E-state index contributed by atoms with van der Waals surface area (Å²) in [6.45, 7) is 0. The summed E-state index contributed by atoms with van der Waals surface area (Å²) < 4.78 is 5.13. The fourth-order valence-corrected chi connectivity index (χ4v) is 3.16. The Kier molecular flexibility index (Phi) is 4.36. The predicted octanol–water partition coefficient (Wildman–Crippen LogP) is 2.50. The molecule has 5 heteroatoms. The lowest BCUT2D eigenvalue weighted by Gasteiger charge is -2.20. The minimum atomic E-state index is 0.0716. The molecule has 0 aromatic heterocycles. The topological polar surface area (TPSA) is 64.3 Å². The van der Waals surface area contributed by atoms with Gasteiger partial charge in [0.1, 0.15) is 5.75 Å². The van der Waals surface area contributed by atoms with E-state index in [1.54, 1.807) is 37.1 Å². The summed E-state index contributed by atoms with van der Waals surface area (Å²) >= 11 is 1.74. The Morgan fingerprint density at radius 1 is 1.50 bits per heavy atom. The Balaban J connectivity index is 2.02. The molecule has 0 aliphatic carbocycles.